The molecule has 4 rings (SSSR count). The summed E-state index contributed by atoms with van der Waals surface area (Å²) in [5, 5.41) is 11.3. The molecule has 1 N–H and O–H groups in total. The minimum Gasteiger partial charge on any atom is -0.507 e. The van der Waals surface area contributed by atoms with Crippen LogP contribution < -0.4 is 4.74 Å². The zero-order valence-electron chi connectivity index (χ0n) is 20.1. The van der Waals surface area contributed by atoms with E-state index in [0.717, 1.165) is 16.7 Å². The van der Waals surface area contributed by atoms with E-state index in [1.54, 1.807) is 36.7 Å². The maximum absolute atomic E-state index is 13.1. The summed E-state index contributed by atoms with van der Waals surface area (Å²) >= 11 is 0. The topological polar surface area (TPSA) is 83.0 Å². The number of pyridine rings is 1. The van der Waals surface area contributed by atoms with Crippen molar-refractivity contribution in [1.82, 2.24) is 14.8 Å². The number of hydrogen-bond acceptors (Lipinski definition) is 6. The number of ketones is 1. The Morgan fingerprint density at radius 1 is 1.06 bits per heavy atom. The number of aliphatic hydroxyl groups is 1. The standard InChI is InChI=1S/C28H29N3O4/c1-19-17-22(35-18-20-7-5-4-6-8-20)9-10-23(19)26(32)24-25(21-11-13-29-14-12-21)31(16-15-30(2)3)28(34)27(24)33/h4-14,17,25,32H,15-16,18H2,1-3H3. The number of ether oxygens (including phenoxy) is 1. The van der Waals surface area contributed by atoms with E-state index >= 15 is 0 Å². The van der Waals surface area contributed by atoms with Crippen molar-refractivity contribution in [2.75, 3.05) is 27.2 Å². The van der Waals surface area contributed by atoms with Crippen molar-refractivity contribution in [2.45, 2.75) is 19.6 Å². The zero-order valence-corrected chi connectivity index (χ0v) is 20.1. The number of nitrogens with zero attached hydrogens (tertiary/aromatic N) is 3. The van der Waals surface area contributed by atoms with E-state index in [-0.39, 0.29) is 11.3 Å². The van der Waals surface area contributed by atoms with Gasteiger partial charge in [-0.05, 0) is 68.0 Å². The van der Waals surface area contributed by atoms with Gasteiger partial charge in [0.2, 0.25) is 0 Å². The van der Waals surface area contributed by atoms with Gasteiger partial charge >= 0.3 is 0 Å². The van der Waals surface area contributed by atoms with Crippen molar-refractivity contribution in [3.8, 4) is 5.75 Å². The van der Waals surface area contributed by atoms with E-state index in [4.69, 9.17) is 4.74 Å². The summed E-state index contributed by atoms with van der Waals surface area (Å²) in [5.74, 6) is -0.841. The highest BCUT2D eigenvalue weighted by molar-refractivity contribution is 6.46. The average Bonchev–Trinajstić information content (AvgIpc) is 3.12. The molecule has 2 heterocycles. The molecule has 0 radical (unpaired) electrons. The van der Waals surface area contributed by atoms with E-state index in [1.807, 2.05) is 62.3 Å². The second kappa shape index (κ2) is 10.5. The quantitative estimate of drug-likeness (QED) is 0.304. The first-order chi connectivity index (χ1) is 16.9. The predicted molar refractivity (Wildman–Crippen MR) is 134 cm³/mol. The minimum atomic E-state index is -0.689. The fourth-order valence-corrected chi connectivity index (χ4v) is 4.19. The van der Waals surface area contributed by atoms with Gasteiger partial charge in [0.15, 0.2) is 0 Å². The van der Waals surface area contributed by atoms with Crippen LogP contribution in [0.3, 0.4) is 0 Å². The lowest BCUT2D eigenvalue weighted by molar-refractivity contribution is -0.140. The van der Waals surface area contributed by atoms with Crippen molar-refractivity contribution in [3.63, 3.8) is 0 Å². The number of carbonyl (C=O) groups is 2. The molecule has 3 aromatic rings. The molecule has 0 saturated carbocycles. The molecule has 7 heteroatoms. The average molecular weight is 472 g/mol. The third kappa shape index (κ3) is 5.25. The Labute approximate surface area is 205 Å². The van der Waals surface area contributed by atoms with Gasteiger partial charge in [-0.15, -0.1) is 0 Å². The molecule has 1 aromatic heterocycles. The number of likely N-dealkylation sites (tertiary alicyclic amines) is 1. The van der Waals surface area contributed by atoms with Crippen LogP contribution in [0.2, 0.25) is 0 Å². The minimum absolute atomic E-state index is 0.0843. The van der Waals surface area contributed by atoms with Crippen LogP contribution in [0.5, 0.6) is 5.75 Å². The molecule has 0 spiro atoms. The van der Waals surface area contributed by atoms with Crippen LogP contribution in [0.25, 0.3) is 5.76 Å². The maximum atomic E-state index is 13.1. The number of aryl methyl sites for hydroxylation is 1. The van der Waals surface area contributed by atoms with Gasteiger partial charge in [-0.2, -0.15) is 0 Å². The molecule has 1 aliphatic rings. The number of carbonyl (C=O) groups excluding carboxylic acids is 2. The predicted octanol–water partition coefficient (Wildman–Crippen LogP) is 3.95. The molecule has 0 aliphatic carbocycles. The molecule has 1 aliphatic heterocycles. The lowest BCUT2D eigenvalue weighted by Crippen LogP contribution is -2.35. The summed E-state index contributed by atoms with van der Waals surface area (Å²) in [6.45, 7) is 3.20. The number of amides is 1. The first-order valence-electron chi connectivity index (χ1n) is 11.5. The van der Waals surface area contributed by atoms with E-state index in [9.17, 15) is 14.7 Å². The van der Waals surface area contributed by atoms with Crippen molar-refractivity contribution in [2.24, 2.45) is 0 Å². The Bertz CT molecular complexity index is 1240. The van der Waals surface area contributed by atoms with Gasteiger partial charge in [0, 0.05) is 31.0 Å². The van der Waals surface area contributed by atoms with Crippen LogP contribution in [0, 0.1) is 6.92 Å². The van der Waals surface area contributed by atoms with Gasteiger partial charge in [-0.1, -0.05) is 30.3 Å². The largest absolute Gasteiger partial charge is 0.507 e. The smallest absolute Gasteiger partial charge is 0.295 e. The molecule has 35 heavy (non-hydrogen) atoms. The molecule has 7 nitrogen and oxygen atoms in total. The Balaban J connectivity index is 1.68. The van der Waals surface area contributed by atoms with Gasteiger partial charge in [-0.25, -0.2) is 0 Å². The number of benzene rings is 2. The highest BCUT2D eigenvalue weighted by Crippen LogP contribution is 2.39. The Hall–Kier alpha value is -3.97. The van der Waals surface area contributed by atoms with Crippen molar-refractivity contribution >= 4 is 17.4 Å². The molecule has 1 saturated heterocycles. The second-order valence-electron chi connectivity index (χ2n) is 8.83. The molecule has 0 bridgehead atoms. The first-order valence-corrected chi connectivity index (χ1v) is 11.5. The summed E-state index contributed by atoms with van der Waals surface area (Å²) in [6.07, 6.45) is 3.23. The summed E-state index contributed by atoms with van der Waals surface area (Å²) in [6, 6.07) is 18.0. The van der Waals surface area contributed by atoms with Crippen LogP contribution in [0.15, 0.2) is 78.6 Å². The van der Waals surface area contributed by atoms with E-state index in [1.165, 1.54) is 4.90 Å². The van der Waals surface area contributed by atoms with Crippen LogP contribution in [0.4, 0.5) is 0 Å². The molecular weight excluding hydrogens is 442 g/mol. The van der Waals surface area contributed by atoms with E-state index in [2.05, 4.69) is 4.98 Å². The monoisotopic (exact) mass is 471 g/mol. The zero-order chi connectivity index (χ0) is 24.9. The maximum Gasteiger partial charge on any atom is 0.295 e. The Morgan fingerprint density at radius 2 is 1.77 bits per heavy atom. The number of aliphatic hydroxyl groups excluding tert-OH is 1. The summed E-state index contributed by atoms with van der Waals surface area (Å²) in [5.41, 5.74) is 3.08. The molecule has 1 unspecified atom stereocenters. The summed E-state index contributed by atoms with van der Waals surface area (Å²) in [4.78, 5) is 33.6. The lowest BCUT2D eigenvalue weighted by atomic mass is 9.94. The van der Waals surface area contributed by atoms with Crippen LogP contribution >= 0.6 is 0 Å². The number of Topliss-reactive ketones (excluding diaryl/α,β-unsaturated/α-hetero) is 1. The van der Waals surface area contributed by atoms with Crippen LogP contribution in [-0.4, -0.2) is 58.8 Å². The summed E-state index contributed by atoms with van der Waals surface area (Å²) < 4.78 is 5.89. The lowest BCUT2D eigenvalue weighted by Gasteiger charge is -2.26. The number of hydrogen-bond donors (Lipinski definition) is 1. The molecule has 1 amide bonds. The molecule has 1 fully saturated rings. The van der Waals surface area contributed by atoms with Gasteiger partial charge < -0.3 is 19.6 Å². The van der Waals surface area contributed by atoms with E-state index in [0.29, 0.717) is 31.0 Å². The van der Waals surface area contributed by atoms with Crippen molar-refractivity contribution < 1.29 is 19.4 Å². The Morgan fingerprint density at radius 3 is 2.43 bits per heavy atom. The molecule has 2 aromatic carbocycles. The van der Waals surface area contributed by atoms with Gasteiger partial charge in [0.25, 0.3) is 11.7 Å². The SMILES string of the molecule is Cc1cc(OCc2ccccc2)ccc1C(O)=C1C(=O)C(=O)N(CCN(C)C)C1c1ccncc1. The third-order valence-corrected chi connectivity index (χ3v) is 6.05. The van der Waals surface area contributed by atoms with Gasteiger partial charge in [-0.3, -0.25) is 14.6 Å². The summed E-state index contributed by atoms with van der Waals surface area (Å²) in [7, 11) is 3.81. The van der Waals surface area contributed by atoms with Gasteiger partial charge in [0.1, 0.15) is 18.1 Å². The first kappa shape index (κ1) is 24.2. The number of likely N-dealkylation sites (N-methyl/N-ethyl adjacent to an activating group) is 1. The number of aromatic nitrogens is 1. The molecule has 1 atom stereocenters. The highest BCUT2D eigenvalue weighted by atomic mass is 16.5. The highest BCUT2D eigenvalue weighted by Gasteiger charge is 2.46. The number of rotatable bonds is 8. The second-order valence-corrected chi connectivity index (χ2v) is 8.83. The van der Waals surface area contributed by atoms with Crippen molar-refractivity contribution in [3.05, 3.63) is 101 Å². The third-order valence-electron chi connectivity index (χ3n) is 6.05. The van der Waals surface area contributed by atoms with E-state index < -0.39 is 17.7 Å². The normalized spacial score (nSPS) is 17.3. The molecular formula is C28H29N3O4. The fraction of sp³-hybridized carbons (Fsp3) is 0.250. The van der Waals surface area contributed by atoms with Crippen molar-refractivity contribution in [1.29, 1.82) is 0 Å². The fourth-order valence-electron chi connectivity index (χ4n) is 4.19. The van der Waals surface area contributed by atoms with Gasteiger partial charge in [0.05, 0.1) is 11.6 Å². The Kier molecular flexibility index (Phi) is 7.27. The van der Waals surface area contributed by atoms with Crippen LogP contribution in [0.1, 0.15) is 28.3 Å². The van der Waals surface area contributed by atoms with Crippen LogP contribution in [-0.2, 0) is 16.2 Å². The molecule has 180 valence electrons.